The molecule has 1 fully saturated rings. The first kappa shape index (κ1) is 13.9. The Hall–Kier alpha value is -1.11. The zero-order valence-corrected chi connectivity index (χ0v) is 12.5. The van der Waals surface area contributed by atoms with Crippen molar-refractivity contribution < 1.29 is 14.6 Å². The second kappa shape index (κ2) is 5.71. The second-order valence-electron chi connectivity index (χ2n) is 5.50. The SMILES string of the molecule is CN1CCc2c(sc(NC3CCCCO3)c2C(=O)O)C1. The van der Waals surface area contributed by atoms with E-state index >= 15 is 0 Å². The molecule has 0 amide bonds. The first-order valence-electron chi connectivity index (χ1n) is 7.09. The van der Waals surface area contributed by atoms with Crippen molar-refractivity contribution in [2.45, 2.75) is 38.5 Å². The van der Waals surface area contributed by atoms with E-state index in [2.05, 4.69) is 17.3 Å². The van der Waals surface area contributed by atoms with Gasteiger partial charge in [-0.1, -0.05) is 0 Å². The largest absolute Gasteiger partial charge is 0.478 e. The van der Waals surface area contributed by atoms with Crippen molar-refractivity contribution in [2.75, 3.05) is 25.5 Å². The molecule has 0 spiro atoms. The molecule has 0 bridgehead atoms. The fraction of sp³-hybridized carbons (Fsp3) is 0.643. The smallest absolute Gasteiger partial charge is 0.338 e. The van der Waals surface area contributed by atoms with Gasteiger partial charge in [0.05, 0.1) is 5.56 Å². The Morgan fingerprint density at radius 2 is 2.35 bits per heavy atom. The summed E-state index contributed by atoms with van der Waals surface area (Å²) in [7, 11) is 2.07. The maximum Gasteiger partial charge on any atom is 0.338 e. The van der Waals surface area contributed by atoms with Gasteiger partial charge in [0.2, 0.25) is 0 Å². The van der Waals surface area contributed by atoms with Gasteiger partial charge < -0.3 is 20.1 Å². The van der Waals surface area contributed by atoms with Gasteiger partial charge in [0, 0.05) is 24.6 Å². The molecule has 0 saturated carbocycles. The number of hydrogen-bond acceptors (Lipinski definition) is 5. The van der Waals surface area contributed by atoms with Crippen molar-refractivity contribution in [3.05, 3.63) is 16.0 Å². The van der Waals surface area contributed by atoms with E-state index in [0.29, 0.717) is 5.56 Å². The maximum atomic E-state index is 11.6. The minimum atomic E-state index is -0.828. The summed E-state index contributed by atoms with van der Waals surface area (Å²) in [6.07, 6.45) is 3.95. The number of hydrogen-bond donors (Lipinski definition) is 2. The van der Waals surface area contributed by atoms with Crippen molar-refractivity contribution in [3.63, 3.8) is 0 Å². The predicted molar refractivity (Wildman–Crippen MR) is 78.5 cm³/mol. The molecular formula is C14H20N2O3S. The van der Waals surface area contributed by atoms with Gasteiger partial charge in [0.25, 0.3) is 0 Å². The second-order valence-corrected chi connectivity index (χ2v) is 6.61. The maximum absolute atomic E-state index is 11.6. The summed E-state index contributed by atoms with van der Waals surface area (Å²) >= 11 is 1.57. The summed E-state index contributed by atoms with van der Waals surface area (Å²) in [4.78, 5) is 15.0. The molecule has 1 atom stereocenters. The molecule has 0 aromatic carbocycles. The summed E-state index contributed by atoms with van der Waals surface area (Å²) in [5.41, 5.74) is 1.48. The van der Waals surface area contributed by atoms with E-state index in [1.54, 1.807) is 11.3 Å². The minimum Gasteiger partial charge on any atom is -0.478 e. The predicted octanol–water partition coefficient (Wildman–Crippen LogP) is 2.37. The van der Waals surface area contributed by atoms with Crippen LogP contribution in [0.25, 0.3) is 0 Å². The summed E-state index contributed by atoms with van der Waals surface area (Å²) in [5, 5.41) is 13.6. The number of nitrogens with one attached hydrogen (secondary N) is 1. The number of carbonyl (C=O) groups is 1. The molecule has 5 nitrogen and oxygen atoms in total. The van der Waals surface area contributed by atoms with Crippen LogP contribution in [0.1, 0.15) is 40.1 Å². The van der Waals surface area contributed by atoms with Gasteiger partial charge in [0.15, 0.2) is 0 Å². The van der Waals surface area contributed by atoms with Gasteiger partial charge in [-0.05, 0) is 38.3 Å². The fourth-order valence-corrected chi connectivity index (χ4v) is 4.22. The van der Waals surface area contributed by atoms with E-state index in [1.807, 2.05) is 0 Å². The molecule has 2 aliphatic heterocycles. The normalized spacial score (nSPS) is 23.4. The number of nitrogens with zero attached hydrogens (tertiary/aromatic N) is 1. The van der Waals surface area contributed by atoms with Gasteiger partial charge in [-0.2, -0.15) is 0 Å². The highest BCUT2D eigenvalue weighted by Gasteiger charge is 2.28. The summed E-state index contributed by atoms with van der Waals surface area (Å²) in [6, 6.07) is 0. The Kier molecular flexibility index (Phi) is 3.96. The first-order chi connectivity index (χ1) is 9.65. The number of thiophene rings is 1. The van der Waals surface area contributed by atoms with Gasteiger partial charge >= 0.3 is 5.97 Å². The summed E-state index contributed by atoms with van der Waals surface area (Å²) in [6.45, 7) is 2.52. The van der Waals surface area contributed by atoms with Crippen LogP contribution in [0.3, 0.4) is 0 Å². The molecule has 6 heteroatoms. The van der Waals surface area contributed by atoms with Gasteiger partial charge in [-0.25, -0.2) is 4.79 Å². The molecule has 0 radical (unpaired) electrons. The fourth-order valence-electron chi connectivity index (χ4n) is 2.86. The van der Waals surface area contributed by atoms with E-state index in [4.69, 9.17) is 4.74 Å². The van der Waals surface area contributed by atoms with Crippen molar-refractivity contribution in [3.8, 4) is 0 Å². The van der Waals surface area contributed by atoms with Gasteiger partial charge in [0.1, 0.15) is 11.2 Å². The molecule has 1 saturated heterocycles. The first-order valence-corrected chi connectivity index (χ1v) is 7.91. The van der Waals surface area contributed by atoms with Crippen LogP contribution in [0.15, 0.2) is 0 Å². The molecule has 1 aromatic heterocycles. The lowest BCUT2D eigenvalue weighted by Gasteiger charge is -2.24. The van der Waals surface area contributed by atoms with E-state index in [-0.39, 0.29) is 6.23 Å². The average Bonchev–Trinajstić information content (AvgIpc) is 2.76. The number of ether oxygens (including phenoxy) is 1. The van der Waals surface area contributed by atoms with E-state index in [9.17, 15) is 9.90 Å². The molecule has 2 N–H and O–H groups in total. The number of carboxylic acids is 1. The number of aromatic carboxylic acids is 1. The molecule has 20 heavy (non-hydrogen) atoms. The molecular weight excluding hydrogens is 276 g/mol. The standard InChI is InChI=1S/C14H20N2O3S/c1-16-6-5-9-10(8-16)20-13(12(9)14(17)18)15-11-4-2-3-7-19-11/h11,15H,2-8H2,1H3,(H,17,18). The Labute approximate surface area is 122 Å². The van der Waals surface area contributed by atoms with Crippen LogP contribution < -0.4 is 5.32 Å². The summed E-state index contributed by atoms with van der Waals surface area (Å²) in [5.74, 6) is -0.828. The van der Waals surface area contributed by atoms with Crippen LogP contribution in [0.2, 0.25) is 0 Å². The zero-order chi connectivity index (χ0) is 14.1. The molecule has 0 aliphatic carbocycles. The van der Waals surface area contributed by atoms with Crippen LogP contribution in [-0.2, 0) is 17.7 Å². The third kappa shape index (κ3) is 2.68. The molecule has 3 heterocycles. The van der Waals surface area contributed by atoms with Crippen LogP contribution in [-0.4, -0.2) is 42.4 Å². The lowest BCUT2D eigenvalue weighted by molar-refractivity contribution is 0.0344. The summed E-state index contributed by atoms with van der Waals surface area (Å²) < 4.78 is 5.66. The quantitative estimate of drug-likeness (QED) is 0.896. The average molecular weight is 296 g/mol. The highest BCUT2D eigenvalue weighted by molar-refractivity contribution is 7.16. The van der Waals surface area contributed by atoms with Crippen molar-refractivity contribution >= 4 is 22.3 Å². The van der Waals surface area contributed by atoms with Gasteiger partial charge in [-0.3, -0.25) is 0 Å². The Balaban J connectivity index is 1.87. The Bertz CT molecular complexity index is 509. The van der Waals surface area contributed by atoms with Crippen LogP contribution in [0.4, 0.5) is 5.00 Å². The minimum absolute atomic E-state index is 0.0420. The monoisotopic (exact) mass is 296 g/mol. The number of fused-ring (bicyclic) bond motifs is 1. The third-order valence-corrected chi connectivity index (χ3v) is 5.08. The Morgan fingerprint density at radius 1 is 1.50 bits per heavy atom. The zero-order valence-electron chi connectivity index (χ0n) is 11.6. The van der Waals surface area contributed by atoms with E-state index in [1.165, 1.54) is 4.88 Å². The highest BCUT2D eigenvalue weighted by Crippen LogP contribution is 2.37. The van der Waals surface area contributed by atoms with Crippen LogP contribution in [0, 0.1) is 0 Å². The topological polar surface area (TPSA) is 61.8 Å². The van der Waals surface area contributed by atoms with Crippen molar-refractivity contribution in [1.82, 2.24) is 4.90 Å². The molecule has 110 valence electrons. The van der Waals surface area contributed by atoms with Crippen LogP contribution in [0.5, 0.6) is 0 Å². The van der Waals surface area contributed by atoms with E-state index in [0.717, 1.165) is 55.9 Å². The molecule has 2 aliphatic rings. The number of likely N-dealkylation sites (N-methyl/N-ethyl adjacent to an activating group) is 1. The Morgan fingerprint density at radius 3 is 3.05 bits per heavy atom. The van der Waals surface area contributed by atoms with Crippen molar-refractivity contribution in [1.29, 1.82) is 0 Å². The number of anilines is 1. The van der Waals surface area contributed by atoms with Gasteiger partial charge in [-0.15, -0.1) is 11.3 Å². The molecule has 1 unspecified atom stereocenters. The lowest BCUT2D eigenvalue weighted by atomic mass is 10.0. The van der Waals surface area contributed by atoms with E-state index < -0.39 is 5.97 Å². The molecule has 1 aromatic rings. The van der Waals surface area contributed by atoms with Crippen molar-refractivity contribution in [2.24, 2.45) is 0 Å². The lowest BCUT2D eigenvalue weighted by Crippen LogP contribution is -2.28. The number of rotatable bonds is 3. The number of carboxylic acid groups (broad SMARTS) is 1. The highest BCUT2D eigenvalue weighted by atomic mass is 32.1. The third-order valence-electron chi connectivity index (χ3n) is 3.93. The van der Waals surface area contributed by atoms with Crippen LogP contribution >= 0.6 is 11.3 Å². The molecule has 3 rings (SSSR count).